The van der Waals surface area contributed by atoms with Gasteiger partial charge in [0.15, 0.2) is 9.84 Å². The van der Waals surface area contributed by atoms with E-state index in [4.69, 9.17) is 5.11 Å². The van der Waals surface area contributed by atoms with Gasteiger partial charge in [-0.25, -0.2) is 8.42 Å². The van der Waals surface area contributed by atoms with Crippen molar-refractivity contribution in [3.63, 3.8) is 0 Å². The molecule has 0 atom stereocenters. The number of anilines is 1. The molecule has 0 unspecified atom stereocenters. The largest absolute Gasteiger partial charge is 0.481 e. The number of benzene rings is 1. The van der Waals surface area contributed by atoms with Gasteiger partial charge < -0.3 is 10.4 Å². The normalized spacial score (nSPS) is 12.0. The summed E-state index contributed by atoms with van der Waals surface area (Å²) in [5.74, 6) is -1.58. The lowest BCUT2D eigenvalue weighted by molar-refractivity contribution is -0.137. The molecule has 2 N–H and O–H groups in total. The minimum absolute atomic E-state index is 0.0671. The number of carbonyl (C=O) groups excluding carboxylic acids is 1. The summed E-state index contributed by atoms with van der Waals surface area (Å²) in [6, 6.07) is 6.74. The predicted octanol–water partition coefficient (Wildman–Crippen LogP) is 1.47. The summed E-state index contributed by atoms with van der Waals surface area (Å²) in [5.41, 5.74) is 1.08. The smallest absolute Gasteiger partial charge is 0.303 e. The van der Waals surface area contributed by atoms with E-state index in [-0.39, 0.29) is 12.8 Å². The summed E-state index contributed by atoms with van der Waals surface area (Å²) in [5, 5.41) is 11.3. The van der Waals surface area contributed by atoms with Crippen molar-refractivity contribution >= 4 is 27.4 Å². The maximum atomic E-state index is 12.2. The second-order valence-corrected chi connectivity index (χ2v) is 7.85. The number of carbonyl (C=O) groups is 2. The SMILES string of the molecule is CC(C)(C(=O)Nc1ccccc1CCC(=O)O)S(C)(=O)=O. The molecule has 0 saturated carbocycles. The first kappa shape index (κ1) is 17.2. The number of nitrogens with one attached hydrogen (secondary N) is 1. The van der Waals surface area contributed by atoms with E-state index in [1.807, 2.05) is 0 Å². The molecule has 0 radical (unpaired) electrons. The van der Waals surface area contributed by atoms with Crippen molar-refractivity contribution in [2.45, 2.75) is 31.4 Å². The fourth-order valence-electron chi connectivity index (χ4n) is 1.54. The lowest BCUT2D eigenvalue weighted by atomic mass is 10.1. The van der Waals surface area contributed by atoms with Crippen LogP contribution in [-0.4, -0.2) is 36.4 Å². The first-order valence-corrected chi connectivity index (χ1v) is 8.25. The van der Waals surface area contributed by atoms with Crippen LogP contribution in [0, 0.1) is 0 Å². The van der Waals surface area contributed by atoms with Crippen LogP contribution in [0.1, 0.15) is 25.8 Å². The fourth-order valence-corrected chi connectivity index (χ4v) is 1.93. The molecule has 21 heavy (non-hydrogen) atoms. The van der Waals surface area contributed by atoms with Gasteiger partial charge in [0.1, 0.15) is 4.75 Å². The lowest BCUT2D eigenvalue weighted by Crippen LogP contribution is -2.44. The molecule has 0 bridgehead atoms. The first-order chi connectivity index (χ1) is 9.55. The van der Waals surface area contributed by atoms with Crippen LogP contribution < -0.4 is 5.32 Å². The van der Waals surface area contributed by atoms with Crippen LogP contribution in [0.2, 0.25) is 0 Å². The van der Waals surface area contributed by atoms with E-state index in [9.17, 15) is 18.0 Å². The van der Waals surface area contributed by atoms with Crippen molar-refractivity contribution < 1.29 is 23.1 Å². The van der Waals surface area contributed by atoms with Crippen molar-refractivity contribution in [3.8, 4) is 0 Å². The van der Waals surface area contributed by atoms with Crippen LogP contribution in [-0.2, 0) is 25.8 Å². The summed E-state index contributed by atoms with van der Waals surface area (Å²) in [4.78, 5) is 22.8. The summed E-state index contributed by atoms with van der Waals surface area (Å²) in [7, 11) is -3.57. The Morgan fingerprint density at radius 1 is 1.24 bits per heavy atom. The van der Waals surface area contributed by atoms with Crippen molar-refractivity contribution in [2.24, 2.45) is 0 Å². The topological polar surface area (TPSA) is 101 Å². The maximum Gasteiger partial charge on any atom is 0.303 e. The van der Waals surface area contributed by atoms with Gasteiger partial charge in [0.25, 0.3) is 0 Å². The monoisotopic (exact) mass is 313 g/mol. The molecule has 0 saturated heterocycles. The highest BCUT2D eigenvalue weighted by molar-refractivity contribution is 7.92. The summed E-state index contributed by atoms with van der Waals surface area (Å²) < 4.78 is 21.7. The Morgan fingerprint density at radius 3 is 2.33 bits per heavy atom. The molecule has 0 aromatic heterocycles. The van der Waals surface area contributed by atoms with E-state index in [0.29, 0.717) is 11.3 Å². The molecule has 1 rings (SSSR count). The minimum Gasteiger partial charge on any atom is -0.481 e. The zero-order chi connectivity index (χ0) is 16.3. The number of amides is 1. The molecule has 0 aliphatic carbocycles. The number of carboxylic acids is 1. The quantitative estimate of drug-likeness (QED) is 0.828. The van der Waals surface area contributed by atoms with E-state index in [1.54, 1.807) is 24.3 Å². The molecule has 1 aromatic rings. The second-order valence-electron chi connectivity index (χ2n) is 5.29. The van der Waals surface area contributed by atoms with Crippen molar-refractivity contribution in [3.05, 3.63) is 29.8 Å². The van der Waals surface area contributed by atoms with Crippen LogP contribution in [0.15, 0.2) is 24.3 Å². The molecule has 0 fully saturated rings. The Hall–Kier alpha value is -1.89. The van der Waals surface area contributed by atoms with Crippen LogP contribution in [0.5, 0.6) is 0 Å². The van der Waals surface area contributed by atoms with Gasteiger partial charge in [-0.15, -0.1) is 0 Å². The molecular weight excluding hydrogens is 294 g/mol. The third-order valence-corrected chi connectivity index (χ3v) is 5.39. The molecule has 1 amide bonds. The van der Waals surface area contributed by atoms with Crippen molar-refractivity contribution in [1.29, 1.82) is 0 Å². The van der Waals surface area contributed by atoms with Crippen LogP contribution in [0.25, 0.3) is 0 Å². The van der Waals surface area contributed by atoms with Crippen molar-refractivity contribution in [2.75, 3.05) is 11.6 Å². The first-order valence-electron chi connectivity index (χ1n) is 6.36. The molecular formula is C14H19NO5S. The predicted molar refractivity (Wildman–Crippen MR) is 80.0 cm³/mol. The summed E-state index contributed by atoms with van der Waals surface area (Å²) in [6.45, 7) is 2.66. The van der Waals surface area contributed by atoms with E-state index in [0.717, 1.165) is 6.26 Å². The number of para-hydroxylation sites is 1. The number of aliphatic carboxylic acids is 1. The Balaban J connectivity index is 2.98. The molecule has 7 heteroatoms. The van der Waals surface area contributed by atoms with Crippen molar-refractivity contribution in [1.82, 2.24) is 0 Å². The van der Waals surface area contributed by atoms with E-state index >= 15 is 0 Å². The highest BCUT2D eigenvalue weighted by Crippen LogP contribution is 2.22. The third-order valence-electron chi connectivity index (χ3n) is 3.35. The Bertz CT molecular complexity index is 649. The molecule has 1 aromatic carbocycles. The molecule has 6 nitrogen and oxygen atoms in total. The molecule has 0 spiro atoms. The van der Waals surface area contributed by atoms with Gasteiger partial charge in [-0.05, 0) is 31.9 Å². The number of hydrogen-bond donors (Lipinski definition) is 2. The average molecular weight is 313 g/mol. The Kier molecular flexibility index (Phi) is 5.11. The zero-order valence-corrected chi connectivity index (χ0v) is 13.0. The number of rotatable bonds is 6. The van der Waals surface area contributed by atoms with Crippen LogP contribution in [0.3, 0.4) is 0 Å². The van der Waals surface area contributed by atoms with Gasteiger partial charge >= 0.3 is 5.97 Å². The average Bonchev–Trinajstić information content (AvgIpc) is 2.36. The number of hydrogen-bond acceptors (Lipinski definition) is 4. The summed E-state index contributed by atoms with van der Waals surface area (Å²) in [6.07, 6.45) is 1.19. The van der Waals surface area contributed by atoms with E-state index in [1.165, 1.54) is 13.8 Å². The number of aryl methyl sites for hydroxylation is 1. The standard InChI is InChI=1S/C14H19NO5S/c1-14(2,21(3,19)20)13(18)15-11-7-5-4-6-10(11)8-9-12(16)17/h4-7H,8-9H2,1-3H3,(H,15,18)(H,16,17). The third kappa shape index (κ3) is 4.29. The summed E-state index contributed by atoms with van der Waals surface area (Å²) >= 11 is 0. The van der Waals surface area contributed by atoms with Crippen LogP contribution >= 0.6 is 0 Å². The van der Waals surface area contributed by atoms with Gasteiger partial charge in [-0.3, -0.25) is 9.59 Å². The highest BCUT2D eigenvalue weighted by Gasteiger charge is 2.38. The van der Waals surface area contributed by atoms with Gasteiger partial charge in [0, 0.05) is 18.4 Å². The number of carboxylic acid groups (broad SMARTS) is 1. The van der Waals surface area contributed by atoms with E-state index in [2.05, 4.69) is 5.32 Å². The van der Waals surface area contributed by atoms with Gasteiger partial charge in [0.2, 0.25) is 5.91 Å². The Labute approximate surface area is 124 Å². The van der Waals surface area contributed by atoms with Gasteiger partial charge in [0.05, 0.1) is 0 Å². The fraction of sp³-hybridized carbons (Fsp3) is 0.429. The second kappa shape index (κ2) is 6.26. The maximum absolute atomic E-state index is 12.2. The lowest BCUT2D eigenvalue weighted by Gasteiger charge is -2.22. The molecule has 116 valence electrons. The van der Waals surface area contributed by atoms with Crippen LogP contribution in [0.4, 0.5) is 5.69 Å². The number of sulfone groups is 1. The van der Waals surface area contributed by atoms with Gasteiger partial charge in [-0.1, -0.05) is 18.2 Å². The highest BCUT2D eigenvalue weighted by atomic mass is 32.2. The zero-order valence-electron chi connectivity index (χ0n) is 12.2. The Morgan fingerprint density at radius 2 is 1.81 bits per heavy atom. The minimum atomic E-state index is -3.57. The van der Waals surface area contributed by atoms with E-state index < -0.39 is 26.5 Å². The molecule has 0 aliphatic rings. The molecule has 0 heterocycles. The molecule has 0 aliphatic heterocycles. The van der Waals surface area contributed by atoms with Gasteiger partial charge in [-0.2, -0.15) is 0 Å².